The Morgan fingerprint density at radius 1 is 1.60 bits per heavy atom. The standard InChI is InChI=1S/C8H13O2/c1-2-3-6-4-5-7(6)8(9)10/h6-7H,1-5H2,(H,9,10). The van der Waals surface area contributed by atoms with Crippen LogP contribution >= 0.6 is 0 Å². The van der Waals surface area contributed by atoms with Crippen LogP contribution in [-0.4, -0.2) is 11.1 Å². The number of hydrogen-bond acceptors (Lipinski definition) is 1. The average Bonchev–Trinajstić information content (AvgIpc) is 1.78. The fraction of sp³-hybridized carbons (Fsp3) is 0.750. The summed E-state index contributed by atoms with van der Waals surface area (Å²) in [5, 5.41) is 8.61. The fourth-order valence-electron chi connectivity index (χ4n) is 1.50. The van der Waals surface area contributed by atoms with Crippen molar-refractivity contribution in [1.29, 1.82) is 0 Å². The number of rotatable bonds is 3. The molecule has 1 fully saturated rings. The third-order valence-corrected chi connectivity index (χ3v) is 2.31. The third kappa shape index (κ3) is 1.31. The van der Waals surface area contributed by atoms with Crippen molar-refractivity contribution in [2.75, 3.05) is 0 Å². The highest BCUT2D eigenvalue weighted by molar-refractivity contribution is 5.71. The Morgan fingerprint density at radius 3 is 2.60 bits per heavy atom. The van der Waals surface area contributed by atoms with Crippen molar-refractivity contribution in [1.82, 2.24) is 0 Å². The van der Waals surface area contributed by atoms with Crippen LogP contribution in [0.15, 0.2) is 0 Å². The Hall–Kier alpha value is -0.530. The van der Waals surface area contributed by atoms with Crippen LogP contribution in [0.5, 0.6) is 0 Å². The highest BCUT2D eigenvalue weighted by Gasteiger charge is 2.35. The van der Waals surface area contributed by atoms with E-state index in [9.17, 15) is 4.79 Å². The Labute approximate surface area is 61.2 Å². The van der Waals surface area contributed by atoms with E-state index in [1.165, 1.54) is 0 Å². The molecule has 0 aromatic heterocycles. The van der Waals surface area contributed by atoms with Crippen LogP contribution in [0.25, 0.3) is 0 Å². The molecular weight excluding hydrogens is 128 g/mol. The molecular formula is C8H13O2. The summed E-state index contributed by atoms with van der Waals surface area (Å²) in [6.07, 6.45) is 3.82. The molecule has 0 saturated heterocycles. The number of carbonyl (C=O) groups is 1. The smallest absolute Gasteiger partial charge is 0.306 e. The Kier molecular flexibility index (Phi) is 2.30. The molecule has 0 spiro atoms. The van der Waals surface area contributed by atoms with Crippen LogP contribution in [0.3, 0.4) is 0 Å². The molecule has 1 aliphatic carbocycles. The van der Waals surface area contributed by atoms with Crippen LogP contribution in [0.2, 0.25) is 0 Å². The molecule has 0 heterocycles. The summed E-state index contributed by atoms with van der Waals surface area (Å²) >= 11 is 0. The van der Waals surface area contributed by atoms with Crippen LogP contribution in [0.1, 0.15) is 25.7 Å². The van der Waals surface area contributed by atoms with Gasteiger partial charge in [0.05, 0.1) is 5.92 Å². The van der Waals surface area contributed by atoms with E-state index in [0.29, 0.717) is 5.92 Å². The second-order valence-corrected chi connectivity index (χ2v) is 2.92. The largest absolute Gasteiger partial charge is 0.481 e. The molecule has 2 nitrogen and oxygen atoms in total. The van der Waals surface area contributed by atoms with Gasteiger partial charge in [-0.1, -0.05) is 13.3 Å². The van der Waals surface area contributed by atoms with Gasteiger partial charge in [-0.3, -0.25) is 4.79 Å². The summed E-state index contributed by atoms with van der Waals surface area (Å²) in [5.41, 5.74) is 0. The second-order valence-electron chi connectivity index (χ2n) is 2.92. The van der Waals surface area contributed by atoms with Gasteiger partial charge in [-0.25, -0.2) is 0 Å². The van der Waals surface area contributed by atoms with Crippen LogP contribution in [0.4, 0.5) is 0 Å². The maximum absolute atomic E-state index is 10.4. The first-order chi connectivity index (χ1) is 4.75. The Morgan fingerprint density at radius 2 is 2.30 bits per heavy atom. The zero-order valence-corrected chi connectivity index (χ0v) is 6.05. The first-order valence-corrected chi connectivity index (χ1v) is 3.77. The van der Waals surface area contributed by atoms with Crippen molar-refractivity contribution in [3.8, 4) is 0 Å². The molecule has 1 aliphatic rings. The molecule has 1 rings (SSSR count). The molecule has 1 radical (unpaired) electrons. The molecule has 2 atom stereocenters. The molecule has 2 unspecified atom stereocenters. The van der Waals surface area contributed by atoms with E-state index < -0.39 is 5.97 Å². The predicted molar refractivity (Wildman–Crippen MR) is 38.4 cm³/mol. The van der Waals surface area contributed by atoms with E-state index in [-0.39, 0.29) is 5.92 Å². The van der Waals surface area contributed by atoms with E-state index in [0.717, 1.165) is 25.7 Å². The van der Waals surface area contributed by atoms with Crippen molar-refractivity contribution in [2.45, 2.75) is 25.7 Å². The van der Waals surface area contributed by atoms with E-state index in [1.54, 1.807) is 0 Å². The quantitative estimate of drug-likeness (QED) is 0.649. The van der Waals surface area contributed by atoms with Crippen molar-refractivity contribution >= 4 is 5.97 Å². The van der Waals surface area contributed by atoms with Crippen LogP contribution < -0.4 is 0 Å². The van der Waals surface area contributed by atoms with Crippen molar-refractivity contribution in [3.63, 3.8) is 0 Å². The zero-order valence-electron chi connectivity index (χ0n) is 6.05. The lowest BCUT2D eigenvalue weighted by molar-refractivity contribution is -0.147. The normalized spacial score (nSPS) is 31.3. The minimum atomic E-state index is -0.621. The molecule has 0 amide bonds. The lowest BCUT2D eigenvalue weighted by Gasteiger charge is -2.32. The summed E-state index contributed by atoms with van der Waals surface area (Å²) in [7, 11) is 0. The summed E-state index contributed by atoms with van der Waals surface area (Å²) in [6.45, 7) is 3.71. The maximum Gasteiger partial charge on any atom is 0.306 e. The average molecular weight is 141 g/mol. The SMILES string of the molecule is [CH2]CCC1CCC1C(=O)O. The van der Waals surface area contributed by atoms with Crippen molar-refractivity contribution in [2.24, 2.45) is 11.8 Å². The van der Waals surface area contributed by atoms with Gasteiger partial charge in [0.1, 0.15) is 0 Å². The summed E-state index contributed by atoms with van der Waals surface area (Å²) in [4.78, 5) is 10.4. The van der Waals surface area contributed by atoms with E-state index in [4.69, 9.17) is 5.11 Å². The topological polar surface area (TPSA) is 37.3 Å². The van der Waals surface area contributed by atoms with Gasteiger partial charge in [0.15, 0.2) is 0 Å². The maximum atomic E-state index is 10.4. The minimum Gasteiger partial charge on any atom is -0.481 e. The van der Waals surface area contributed by atoms with Gasteiger partial charge < -0.3 is 5.11 Å². The molecule has 1 N–H and O–H groups in total. The van der Waals surface area contributed by atoms with Crippen LogP contribution in [-0.2, 0) is 4.79 Å². The van der Waals surface area contributed by atoms with Gasteiger partial charge in [0.2, 0.25) is 0 Å². The van der Waals surface area contributed by atoms with Gasteiger partial charge in [-0.2, -0.15) is 0 Å². The molecule has 0 aromatic rings. The molecule has 1 saturated carbocycles. The summed E-state index contributed by atoms with van der Waals surface area (Å²) < 4.78 is 0. The molecule has 2 heteroatoms. The monoisotopic (exact) mass is 141 g/mol. The molecule has 0 aliphatic heterocycles. The molecule has 0 aromatic carbocycles. The first-order valence-electron chi connectivity index (χ1n) is 3.77. The Balaban J connectivity index is 2.28. The summed E-state index contributed by atoms with van der Waals surface area (Å²) in [5.74, 6) is -0.249. The van der Waals surface area contributed by atoms with Crippen LogP contribution in [0, 0.1) is 18.8 Å². The van der Waals surface area contributed by atoms with Gasteiger partial charge in [-0.15, -0.1) is 0 Å². The predicted octanol–water partition coefficient (Wildman–Crippen LogP) is 1.71. The third-order valence-electron chi connectivity index (χ3n) is 2.31. The van der Waals surface area contributed by atoms with Crippen molar-refractivity contribution < 1.29 is 9.90 Å². The zero-order chi connectivity index (χ0) is 7.56. The molecule has 10 heavy (non-hydrogen) atoms. The molecule has 0 bridgehead atoms. The summed E-state index contributed by atoms with van der Waals surface area (Å²) in [6, 6.07) is 0. The van der Waals surface area contributed by atoms with Gasteiger partial charge in [0.25, 0.3) is 0 Å². The second kappa shape index (κ2) is 3.04. The highest BCUT2D eigenvalue weighted by atomic mass is 16.4. The van der Waals surface area contributed by atoms with E-state index in [2.05, 4.69) is 6.92 Å². The van der Waals surface area contributed by atoms with Crippen molar-refractivity contribution in [3.05, 3.63) is 6.92 Å². The lowest BCUT2D eigenvalue weighted by Crippen LogP contribution is -2.32. The number of hydrogen-bond donors (Lipinski definition) is 1. The number of carboxylic acids is 1. The number of aliphatic carboxylic acids is 1. The minimum absolute atomic E-state index is 0.0539. The van der Waals surface area contributed by atoms with Gasteiger partial charge >= 0.3 is 5.97 Å². The highest BCUT2D eigenvalue weighted by Crippen LogP contribution is 2.37. The first kappa shape index (κ1) is 7.58. The van der Waals surface area contributed by atoms with Gasteiger partial charge in [0, 0.05) is 0 Å². The Bertz CT molecular complexity index is 131. The fourth-order valence-corrected chi connectivity index (χ4v) is 1.50. The lowest BCUT2D eigenvalue weighted by atomic mass is 9.71. The van der Waals surface area contributed by atoms with E-state index >= 15 is 0 Å². The number of carboxylic acid groups (broad SMARTS) is 1. The van der Waals surface area contributed by atoms with E-state index in [1.807, 2.05) is 0 Å². The molecule has 57 valence electrons. The van der Waals surface area contributed by atoms with Gasteiger partial charge in [-0.05, 0) is 25.2 Å².